The van der Waals surface area contributed by atoms with Crippen LogP contribution in [-0.4, -0.2) is 68.8 Å². The van der Waals surface area contributed by atoms with Crippen molar-refractivity contribution in [2.24, 2.45) is 0 Å². The normalized spacial score (nSPS) is 22.3. The second-order valence-electron chi connectivity index (χ2n) is 5.12. The number of hydrogen-bond donors (Lipinski definition) is 0. The summed E-state index contributed by atoms with van der Waals surface area (Å²) in [5.41, 5.74) is -5.47. The van der Waals surface area contributed by atoms with Crippen LogP contribution in [0.3, 0.4) is 0 Å². The maximum Gasteiger partial charge on any atom is 0.525 e. The Bertz CT molecular complexity index is 618. The number of carbonyl (C=O) groups excluding carboxylic acids is 2. The van der Waals surface area contributed by atoms with E-state index in [9.17, 15) is 31.2 Å². The monoisotopic (exact) mass is 361 g/mol. The predicted octanol–water partition coefficient (Wildman–Crippen LogP) is 0.769. The summed E-state index contributed by atoms with van der Waals surface area (Å²) in [6.07, 6.45) is 0. The summed E-state index contributed by atoms with van der Waals surface area (Å²) in [6.45, 7) is 4.20. The molecule has 0 aromatic rings. The standard InChI is InChI=1S/C11H16F3N2O6S/c1-8(2)9(17)21-7-6-16(3)5-4-15(10(16)18)22-23(19,20)11(12,13)14/h1,4-7H2,2-3H3/q+1. The number of rotatable bonds is 6. The van der Waals surface area contributed by atoms with Crippen LogP contribution in [0.1, 0.15) is 6.92 Å². The molecule has 0 radical (unpaired) electrons. The Balaban J connectivity index is 2.68. The molecule has 132 valence electrons. The summed E-state index contributed by atoms with van der Waals surface area (Å²) < 4.78 is 66.8. The summed E-state index contributed by atoms with van der Waals surface area (Å²) in [4.78, 5) is 23.2. The minimum Gasteiger partial charge on any atom is -0.456 e. The summed E-state index contributed by atoms with van der Waals surface area (Å²) in [5.74, 6) is -0.670. The van der Waals surface area contributed by atoms with E-state index in [0.29, 0.717) is 0 Å². The number of amides is 2. The van der Waals surface area contributed by atoms with E-state index in [0.717, 1.165) is 0 Å². The quantitative estimate of drug-likeness (QED) is 0.300. The molecule has 1 unspecified atom stereocenters. The number of nitrogens with zero attached hydrogens (tertiary/aromatic N) is 2. The molecule has 1 rings (SSSR count). The van der Waals surface area contributed by atoms with Gasteiger partial charge in [0.25, 0.3) is 0 Å². The Kier molecular flexibility index (Phi) is 5.44. The predicted molar refractivity (Wildman–Crippen MR) is 69.9 cm³/mol. The van der Waals surface area contributed by atoms with E-state index < -0.39 is 32.1 Å². The lowest BCUT2D eigenvalue weighted by atomic mass is 10.4. The van der Waals surface area contributed by atoms with E-state index in [1.807, 2.05) is 0 Å². The number of halogens is 3. The Morgan fingerprint density at radius 3 is 2.48 bits per heavy atom. The van der Waals surface area contributed by atoms with Crippen LogP contribution in [0.5, 0.6) is 0 Å². The summed E-state index contributed by atoms with van der Waals surface area (Å²) in [6, 6.07) is -0.982. The van der Waals surface area contributed by atoms with Gasteiger partial charge in [0.2, 0.25) is 0 Å². The highest BCUT2D eigenvalue weighted by atomic mass is 32.2. The Labute approximate surface area is 130 Å². The zero-order chi connectivity index (χ0) is 18.1. The van der Waals surface area contributed by atoms with E-state index in [4.69, 9.17) is 4.74 Å². The lowest BCUT2D eigenvalue weighted by Gasteiger charge is -2.25. The second-order valence-corrected chi connectivity index (χ2v) is 6.64. The third-order valence-corrected chi connectivity index (χ3v) is 4.05. The van der Waals surface area contributed by atoms with Crippen LogP contribution in [0.15, 0.2) is 12.2 Å². The Morgan fingerprint density at radius 2 is 2.00 bits per heavy atom. The first-order valence-corrected chi connectivity index (χ1v) is 7.71. The number of likely N-dealkylation sites (N-methyl/N-ethyl adjacent to an activating group) is 1. The summed E-state index contributed by atoms with van der Waals surface area (Å²) >= 11 is 0. The van der Waals surface area contributed by atoms with Gasteiger partial charge in [-0.25, -0.2) is 14.1 Å². The fraction of sp³-hybridized carbons (Fsp3) is 0.636. The van der Waals surface area contributed by atoms with Crippen molar-refractivity contribution in [1.82, 2.24) is 5.06 Å². The molecule has 23 heavy (non-hydrogen) atoms. The van der Waals surface area contributed by atoms with E-state index >= 15 is 0 Å². The summed E-state index contributed by atoms with van der Waals surface area (Å²) in [5, 5.41) is 0.142. The smallest absolute Gasteiger partial charge is 0.456 e. The van der Waals surface area contributed by atoms with Gasteiger partial charge in [-0.2, -0.15) is 21.6 Å². The maximum absolute atomic E-state index is 12.3. The van der Waals surface area contributed by atoms with E-state index in [1.54, 1.807) is 0 Å². The SMILES string of the molecule is C=C(C)C(=O)OCC[N+]1(C)CCN(OS(=O)(=O)C(F)(F)F)C1=O. The Hall–Kier alpha value is -1.66. The van der Waals surface area contributed by atoms with Crippen LogP contribution in [0, 0.1) is 0 Å². The first kappa shape index (κ1) is 19.4. The zero-order valence-electron chi connectivity index (χ0n) is 12.4. The molecule has 0 N–H and O–H groups in total. The molecule has 0 aromatic heterocycles. The number of urea groups is 1. The average Bonchev–Trinajstić information content (AvgIpc) is 2.65. The van der Waals surface area contributed by atoms with Crippen molar-refractivity contribution in [3.63, 3.8) is 0 Å². The molecule has 1 saturated heterocycles. The molecule has 0 aliphatic carbocycles. The molecular weight excluding hydrogens is 345 g/mol. The van der Waals surface area contributed by atoms with E-state index in [1.165, 1.54) is 14.0 Å². The topological polar surface area (TPSA) is 90.0 Å². The largest absolute Gasteiger partial charge is 0.525 e. The molecule has 1 aliphatic heterocycles. The molecule has 1 aliphatic rings. The van der Waals surface area contributed by atoms with Gasteiger partial charge in [0, 0.05) is 5.57 Å². The van der Waals surface area contributed by atoms with Gasteiger partial charge in [-0.15, -0.1) is 9.35 Å². The first-order valence-electron chi connectivity index (χ1n) is 6.30. The number of quaternary nitrogens is 1. The van der Waals surface area contributed by atoms with Crippen molar-refractivity contribution in [1.29, 1.82) is 0 Å². The van der Waals surface area contributed by atoms with Crippen molar-refractivity contribution in [2.45, 2.75) is 12.4 Å². The number of hydroxylamine groups is 2. The first-order chi connectivity index (χ1) is 10.3. The zero-order valence-corrected chi connectivity index (χ0v) is 13.2. The van der Waals surface area contributed by atoms with Crippen molar-refractivity contribution in [3.8, 4) is 0 Å². The molecule has 1 atom stereocenters. The minimum atomic E-state index is -5.91. The number of alkyl halides is 3. The van der Waals surface area contributed by atoms with Gasteiger partial charge >= 0.3 is 27.6 Å². The maximum atomic E-state index is 12.3. The fourth-order valence-corrected chi connectivity index (χ4v) is 2.13. The highest BCUT2D eigenvalue weighted by Gasteiger charge is 2.53. The van der Waals surface area contributed by atoms with Crippen LogP contribution >= 0.6 is 0 Å². The van der Waals surface area contributed by atoms with Gasteiger partial charge in [-0.3, -0.25) is 0 Å². The lowest BCUT2D eigenvalue weighted by Crippen LogP contribution is -2.50. The van der Waals surface area contributed by atoms with Crippen LogP contribution < -0.4 is 0 Å². The van der Waals surface area contributed by atoms with Gasteiger partial charge in [-0.05, 0) is 6.92 Å². The van der Waals surface area contributed by atoms with Crippen molar-refractivity contribution < 1.29 is 44.7 Å². The van der Waals surface area contributed by atoms with Crippen LogP contribution in [0.4, 0.5) is 18.0 Å². The molecule has 0 bridgehead atoms. The van der Waals surface area contributed by atoms with Gasteiger partial charge in [0.1, 0.15) is 26.2 Å². The van der Waals surface area contributed by atoms with Crippen molar-refractivity contribution in [2.75, 3.05) is 33.3 Å². The molecule has 0 spiro atoms. The van der Waals surface area contributed by atoms with Gasteiger partial charge in [0.05, 0.1) is 7.05 Å². The molecule has 1 heterocycles. The molecule has 2 amide bonds. The van der Waals surface area contributed by atoms with Crippen molar-refractivity contribution >= 4 is 22.1 Å². The Morgan fingerprint density at radius 1 is 1.43 bits per heavy atom. The van der Waals surface area contributed by atoms with E-state index in [-0.39, 0.29) is 36.9 Å². The number of carbonyl (C=O) groups is 2. The highest BCUT2D eigenvalue weighted by Crippen LogP contribution is 2.28. The van der Waals surface area contributed by atoms with Crippen LogP contribution in [-0.2, 0) is 23.9 Å². The molecule has 8 nitrogen and oxygen atoms in total. The minimum absolute atomic E-state index is 0.00314. The second kappa shape index (κ2) is 6.45. The third-order valence-electron chi connectivity index (χ3n) is 3.11. The van der Waals surface area contributed by atoms with Gasteiger partial charge in [-0.1, -0.05) is 6.58 Å². The lowest BCUT2D eigenvalue weighted by molar-refractivity contribution is -0.821. The molecule has 0 aromatic carbocycles. The summed E-state index contributed by atoms with van der Waals surface area (Å²) in [7, 11) is -4.55. The third kappa shape index (κ3) is 4.42. The molecule has 0 saturated carbocycles. The fourth-order valence-electron chi connectivity index (χ4n) is 1.67. The van der Waals surface area contributed by atoms with Gasteiger partial charge in [0.15, 0.2) is 0 Å². The van der Waals surface area contributed by atoms with Gasteiger partial charge < -0.3 is 4.74 Å². The van der Waals surface area contributed by atoms with E-state index in [2.05, 4.69) is 10.9 Å². The molecular formula is C11H16F3N2O6S+. The van der Waals surface area contributed by atoms with Crippen molar-refractivity contribution in [3.05, 3.63) is 12.2 Å². The number of ether oxygens (including phenoxy) is 1. The number of esters is 1. The number of hydrogen-bond acceptors (Lipinski definition) is 6. The highest BCUT2D eigenvalue weighted by molar-refractivity contribution is 7.87. The average molecular weight is 361 g/mol. The molecule has 1 fully saturated rings. The molecule has 12 heteroatoms. The van der Waals surface area contributed by atoms with Crippen LogP contribution in [0.25, 0.3) is 0 Å². The van der Waals surface area contributed by atoms with Crippen LogP contribution in [0.2, 0.25) is 0 Å².